The Morgan fingerprint density at radius 3 is 2.36 bits per heavy atom. The maximum Gasteiger partial charge on any atom is 0.416 e. The maximum absolute atomic E-state index is 13.5. The number of amidine groups is 1. The van der Waals surface area contributed by atoms with E-state index in [2.05, 4.69) is 10.3 Å². The van der Waals surface area contributed by atoms with Crippen LogP contribution in [0.15, 0.2) is 59.6 Å². The fourth-order valence-corrected chi connectivity index (χ4v) is 5.68. The first-order valence-electron chi connectivity index (χ1n) is 12.3. The van der Waals surface area contributed by atoms with Gasteiger partial charge in [-0.15, -0.1) is 0 Å². The molecule has 0 aromatic heterocycles. The number of anilines is 1. The number of carbonyl (C=O) groups excluding carboxylic acids is 2. The van der Waals surface area contributed by atoms with E-state index in [1.54, 1.807) is 30.3 Å². The smallest absolute Gasteiger partial charge is 0.416 e. The van der Waals surface area contributed by atoms with Gasteiger partial charge in [-0.05, 0) is 60.5 Å². The summed E-state index contributed by atoms with van der Waals surface area (Å²) in [6.07, 6.45) is -4.53. The van der Waals surface area contributed by atoms with Crippen molar-refractivity contribution < 1.29 is 32.2 Å². The molecular formula is C28H23Cl3F3N3O4S. The summed E-state index contributed by atoms with van der Waals surface area (Å²) < 4.78 is 50.1. The molecule has 3 aromatic carbocycles. The summed E-state index contributed by atoms with van der Waals surface area (Å²) in [5.41, 5.74) is 0.129. The van der Waals surface area contributed by atoms with E-state index in [0.29, 0.717) is 33.8 Å². The van der Waals surface area contributed by atoms with Crippen molar-refractivity contribution in [2.24, 2.45) is 4.99 Å². The molecular weight excluding hydrogens is 638 g/mol. The fourth-order valence-electron chi connectivity index (χ4n) is 4.04. The van der Waals surface area contributed by atoms with Gasteiger partial charge in [-0.25, -0.2) is 4.99 Å². The van der Waals surface area contributed by atoms with Crippen LogP contribution in [0.5, 0.6) is 11.5 Å². The van der Waals surface area contributed by atoms with Crippen LogP contribution < -0.4 is 14.8 Å². The van der Waals surface area contributed by atoms with E-state index in [0.717, 1.165) is 35.5 Å². The van der Waals surface area contributed by atoms with E-state index in [4.69, 9.17) is 44.3 Å². The van der Waals surface area contributed by atoms with Gasteiger partial charge in [0.1, 0.15) is 5.25 Å². The standard InChI is InChI=1S/C28H23Cl3F3N3O4S/c1-40-22-8-3-15(11-23(22)41-2)9-10-37-26(39)24(42-27(37)35-17-5-7-18(29)20(31)13-17)14-25(38)36-21-12-16(28(32,33)34)4-6-19(21)30/h3-8,11-13,24H,9-10,14H2,1-2H3,(H,36,38)/t24-/m0/s1. The lowest BCUT2D eigenvalue weighted by Crippen LogP contribution is -2.35. The van der Waals surface area contributed by atoms with E-state index in [9.17, 15) is 22.8 Å². The Morgan fingerprint density at radius 2 is 1.69 bits per heavy atom. The van der Waals surface area contributed by atoms with Gasteiger partial charge in [0.2, 0.25) is 11.8 Å². The first-order chi connectivity index (χ1) is 19.9. The number of thioether (sulfide) groups is 1. The van der Waals surface area contributed by atoms with Crippen LogP contribution in [0.4, 0.5) is 24.5 Å². The summed E-state index contributed by atoms with van der Waals surface area (Å²) in [5.74, 6) is 0.0229. The molecule has 1 N–H and O–H groups in total. The van der Waals surface area contributed by atoms with Crippen LogP contribution in [0.1, 0.15) is 17.5 Å². The molecule has 1 atom stereocenters. The molecule has 0 bridgehead atoms. The fraction of sp³-hybridized carbons (Fsp3) is 0.250. The van der Waals surface area contributed by atoms with E-state index < -0.39 is 22.9 Å². The van der Waals surface area contributed by atoms with Crippen molar-refractivity contribution in [1.82, 2.24) is 4.90 Å². The van der Waals surface area contributed by atoms with Gasteiger partial charge in [-0.1, -0.05) is 52.6 Å². The number of alkyl halides is 3. The number of nitrogens with one attached hydrogen (secondary N) is 1. The number of carbonyl (C=O) groups is 2. The molecule has 3 aromatic rings. The summed E-state index contributed by atoms with van der Waals surface area (Å²) in [4.78, 5) is 32.4. The van der Waals surface area contributed by atoms with Crippen LogP contribution in [-0.4, -0.2) is 47.9 Å². The SMILES string of the molecule is COc1ccc(CCN2C(=O)[C@H](CC(=O)Nc3cc(C(F)(F)F)ccc3Cl)SC2=Nc2ccc(Cl)c(Cl)c2)cc1OC. The van der Waals surface area contributed by atoms with E-state index in [1.807, 2.05) is 6.07 Å². The first-order valence-corrected chi connectivity index (χ1v) is 14.3. The molecule has 0 aliphatic carbocycles. The zero-order chi connectivity index (χ0) is 30.6. The summed E-state index contributed by atoms with van der Waals surface area (Å²) in [7, 11) is 3.05. The molecule has 1 saturated heterocycles. The Kier molecular flexibility index (Phi) is 10.2. The predicted octanol–water partition coefficient (Wildman–Crippen LogP) is 7.89. The topological polar surface area (TPSA) is 80.2 Å². The molecule has 222 valence electrons. The number of ether oxygens (including phenoxy) is 2. The third-order valence-corrected chi connectivity index (χ3v) is 8.40. The molecule has 1 aliphatic heterocycles. The highest BCUT2D eigenvalue weighted by molar-refractivity contribution is 8.15. The minimum absolute atomic E-state index is 0.0693. The van der Waals surface area contributed by atoms with Crippen LogP contribution in [0.25, 0.3) is 0 Å². The molecule has 0 saturated carbocycles. The van der Waals surface area contributed by atoms with E-state index >= 15 is 0 Å². The zero-order valence-corrected chi connectivity index (χ0v) is 25.2. The number of hydrogen-bond acceptors (Lipinski definition) is 6. The summed E-state index contributed by atoms with van der Waals surface area (Å²) in [6, 6.07) is 12.8. The van der Waals surface area contributed by atoms with Gasteiger partial charge in [0.05, 0.1) is 46.2 Å². The van der Waals surface area contributed by atoms with Crippen LogP contribution in [0.2, 0.25) is 15.1 Å². The van der Waals surface area contributed by atoms with Gasteiger partial charge in [0.15, 0.2) is 16.7 Å². The number of nitrogens with zero attached hydrogens (tertiary/aromatic N) is 2. The van der Waals surface area contributed by atoms with Gasteiger partial charge in [-0.3, -0.25) is 14.5 Å². The van der Waals surface area contributed by atoms with Crippen LogP contribution in [-0.2, 0) is 22.2 Å². The second-order valence-corrected chi connectivity index (χ2v) is 11.4. The van der Waals surface area contributed by atoms with Crippen molar-refractivity contribution in [2.45, 2.75) is 24.3 Å². The highest BCUT2D eigenvalue weighted by Gasteiger charge is 2.39. The third-order valence-electron chi connectivity index (χ3n) is 6.16. The lowest BCUT2D eigenvalue weighted by atomic mass is 10.1. The first kappa shape index (κ1) is 31.8. The number of hydrogen-bond donors (Lipinski definition) is 1. The normalized spacial score (nSPS) is 16.2. The predicted molar refractivity (Wildman–Crippen MR) is 160 cm³/mol. The van der Waals surface area contributed by atoms with Crippen molar-refractivity contribution in [2.75, 3.05) is 26.1 Å². The van der Waals surface area contributed by atoms with Crippen LogP contribution >= 0.6 is 46.6 Å². The number of benzene rings is 3. The van der Waals surface area contributed by atoms with Gasteiger partial charge < -0.3 is 14.8 Å². The zero-order valence-electron chi connectivity index (χ0n) is 22.1. The summed E-state index contributed by atoms with van der Waals surface area (Å²) in [5, 5.41) is 2.38. The molecule has 1 aliphatic rings. The van der Waals surface area contributed by atoms with Gasteiger partial charge >= 0.3 is 6.18 Å². The summed E-state index contributed by atoms with van der Waals surface area (Å²) in [6.45, 7) is 0.221. The number of aliphatic imine (C=N–C) groups is 1. The Bertz CT molecular complexity index is 1540. The molecule has 7 nitrogen and oxygen atoms in total. The summed E-state index contributed by atoms with van der Waals surface area (Å²) >= 11 is 19.2. The minimum Gasteiger partial charge on any atom is -0.493 e. The van der Waals surface area contributed by atoms with Crippen molar-refractivity contribution >= 4 is 74.9 Å². The Labute approximate surface area is 258 Å². The van der Waals surface area contributed by atoms with Gasteiger partial charge in [0, 0.05) is 13.0 Å². The molecule has 0 unspecified atom stereocenters. The van der Waals surface area contributed by atoms with Crippen LogP contribution in [0.3, 0.4) is 0 Å². The monoisotopic (exact) mass is 659 g/mol. The van der Waals surface area contributed by atoms with Gasteiger partial charge in [0.25, 0.3) is 0 Å². The number of rotatable bonds is 9. The maximum atomic E-state index is 13.5. The quantitative estimate of drug-likeness (QED) is 0.253. The van der Waals surface area contributed by atoms with Crippen molar-refractivity contribution in [3.63, 3.8) is 0 Å². The minimum atomic E-state index is -4.62. The van der Waals surface area contributed by atoms with Crippen molar-refractivity contribution in [1.29, 1.82) is 0 Å². The van der Waals surface area contributed by atoms with E-state index in [-0.39, 0.29) is 34.6 Å². The second kappa shape index (κ2) is 13.5. The molecule has 2 amide bonds. The average molecular weight is 661 g/mol. The van der Waals surface area contributed by atoms with Crippen LogP contribution in [0, 0.1) is 0 Å². The largest absolute Gasteiger partial charge is 0.493 e. The highest BCUT2D eigenvalue weighted by atomic mass is 35.5. The average Bonchev–Trinajstić information content (AvgIpc) is 3.22. The Morgan fingerprint density at radius 1 is 0.976 bits per heavy atom. The number of methoxy groups -OCH3 is 2. The van der Waals surface area contributed by atoms with Gasteiger partial charge in [-0.2, -0.15) is 13.2 Å². The molecule has 14 heteroatoms. The third kappa shape index (κ3) is 7.63. The molecule has 1 fully saturated rings. The molecule has 0 spiro atoms. The van der Waals surface area contributed by atoms with E-state index in [1.165, 1.54) is 19.1 Å². The highest BCUT2D eigenvalue weighted by Crippen LogP contribution is 2.36. The Hall–Kier alpha value is -3.12. The molecule has 1 heterocycles. The molecule has 4 rings (SSSR count). The second-order valence-electron chi connectivity index (χ2n) is 8.97. The lowest BCUT2D eigenvalue weighted by Gasteiger charge is -2.17. The molecule has 42 heavy (non-hydrogen) atoms. The number of halogens is 6. The Balaban J connectivity index is 1.55. The lowest BCUT2D eigenvalue weighted by molar-refractivity contribution is -0.137. The molecule has 0 radical (unpaired) electrons. The van der Waals surface area contributed by atoms with Crippen molar-refractivity contribution in [3.05, 3.63) is 80.8 Å². The van der Waals surface area contributed by atoms with Crippen molar-refractivity contribution in [3.8, 4) is 11.5 Å². The number of amides is 2.